The molecule has 4 nitrogen and oxygen atoms in total. The van der Waals surface area contributed by atoms with Crippen LogP contribution in [0.4, 0.5) is 5.69 Å². The van der Waals surface area contributed by atoms with E-state index in [4.69, 9.17) is 33.3 Å². The predicted molar refractivity (Wildman–Crippen MR) is 121 cm³/mol. The van der Waals surface area contributed by atoms with Gasteiger partial charge in [0.2, 0.25) is 0 Å². The third-order valence-electron chi connectivity index (χ3n) is 3.89. The number of hydrogen-bond acceptors (Lipinski definition) is 5. The molecule has 3 rings (SSSR count). The highest BCUT2D eigenvalue weighted by molar-refractivity contribution is 8.27. The van der Waals surface area contributed by atoms with Crippen LogP contribution in [0.25, 0.3) is 6.08 Å². The zero-order chi connectivity index (χ0) is 20.1. The van der Waals surface area contributed by atoms with Crippen molar-refractivity contribution in [3.8, 4) is 11.5 Å². The molecule has 0 saturated carbocycles. The van der Waals surface area contributed by atoms with Crippen molar-refractivity contribution in [3.05, 3.63) is 58.0 Å². The molecule has 1 aliphatic heterocycles. The van der Waals surface area contributed by atoms with E-state index in [9.17, 15) is 4.79 Å². The second-order valence-electron chi connectivity index (χ2n) is 5.98. The highest BCUT2D eigenvalue weighted by Crippen LogP contribution is 2.37. The van der Waals surface area contributed by atoms with Crippen LogP contribution in [-0.2, 0) is 4.79 Å². The van der Waals surface area contributed by atoms with E-state index in [-0.39, 0.29) is 5.91 Å². The molecule has 1 amide bonds. The number of hydrogen-bond donors (Lipinski definition) is 0. The molecule has 2 aromatic carbocycles. The van der Waals surface area contributed by atoms with Crippen LogP contribution in [0.5, 0.6) is 11.5 Å². The average molecular weight is 434 g/mol. The molecule has 1 heterocycles. The lowest BCUT2D eigenvalue weighted by molar-refractivity contribution is -0.113. The van der Waals surface area contributed by atoms with E-state index in [1.807, 2.05) is 37.3 Å². The number of benzene rings is 2. The number of carbonyl (C=O) groups excluding carboxylic acids is 1. The Kier molecular flexibility index (Phi) is 6.99. The van der Waals surface area contributed by atoms with Crippen LogP contribution in [0.15, 0.2) is 47.4 Å². The summed E-state index contributed by atoms with van der Waals surface area (Å²) in [5, 5.41) is 0.555. The van der Waals surface area contributed by atoms with Crippen molar-refractivity contribution >= 4 is 57.6 Å². The lowest BCUT2D eigenvalue weighted by atomic mass is 10.1. The number of amides is 1. The fourth-order valence-corrected chi connectivity index (χ4v) is 4.15. The molecule has 1 saturated heterocycles. The van der Waals surface area contributed by atoms with Gasteiger partial charge in [0.25, 0.3) is 5.91 Å². The highest BCUT2D eigenvalue weighted by Gasteiger charge is 2.33. The summed E-state index contributed by atoms with van der Waals surface area (Å²) in [6.07, 6.45) is 2.73. The summed E-state index contributed by atoms with van der Waals surface area (Å²) in [6.45, 7) is 5.13. The number of thiocarbonyl (C=S) groups is 1. The van der Waals surface area contributed by atoms with Gasteiger partial charge in [-0.2, -0.15) is 0 Å². The van der Waals surface area contributed by atoms with Crippen LogP contribution in [0.2, 0.25) is 5.02 Å². The Morgan fingerprint density at radius 3 is 2.68 bits per heavy atom. The molecule has 146 valence electrons. The Labute approximate surface area is 179 Å². The normalized spacial score (nSPS) is 15.4. The van der Waals surface area contributed by atoms with Crippen molar-refractivity contribution in [1.29, 1.82) is 0 Å². The van der Waals surface area contributed by atoms with Crippen molar-refractivity contribution in [3.63, 3.8) is 0 Å². The molecule has 0 aliphatic carbocycles. The summed E-state index contributed by atoms with van der Waals surface area (Å²) in [5.41, 5.74) is 1.51. The van der Waals surface area contributed by atoms with E-state index in [1.165, 1.54) is 16.7 Å². The summed E-state index contributed by atoms with van der Waals surface area (Å²) in [4.78, 5) is 15.0. The molecule has 0 atom stereocenters. The monoisotopic (exact) mass is 433 g/mol. The van der Waals surface area contributed by atoms with Gasteiger partial charge in [-0.15, -0.1) is 0 Å². The van der Waals surface area contributed by atoms with E-state index >= 15 is 0 Å². The smallest absolute Gasteiger partial charge is 0.270 e. The molecule has 0 unspecified atom stereocenters. The molecule has 0 aromatic heterocycles. The van der Waals surface area contributed by atoms with Crippen LogP contribution in [0, 0.1) is 0 Å². The quantitative estimate of drug-likeness (QED) is 0.399. The van der Waals surface area contributed by atoms with Crippen LogP contribution in [-0.4, -0.2) is 23.4 Å². The molecule has 28 heavy (non-hydrogen) atoms. The SMILES string of the molecule is CCCOc1ccc(/C=C2/SC(=S)N(c3cccc(Cl)c3)C2=O)cc1OCC. The van der Waals surface area contributed by atoms with Gasteiger partial charge in [0, 0.05) is 5.02 Å². The topological polar surface area (TPSA) is 38.8 Å². The number of anilines is 1. The number of nitrogens with zero attached hydrogens (tertiary/aromatic N) is 1. The molecular weight excluding hydrogens is 414 g/mol. The maximum absolute atomic E-state index is 12.9. The predicted octanol–water partition coefficient (Wildman–Crippen LogP) is 5.93. The van der Waals surface area contributed by atoms with E-state index < -0.39 is 0 Å². The maximum atomic E-state index is 12.9. The standard InChI is InChI=1S/C21H20ClNO3S2/c1-3-10-26-17-9-8-14(11-18(17)25-4-2)12-19-20(24)23(21(27)28-19)16-7-5-6-15(22)13-16/h5-9,11-13H,3-4,10H2,1-2H3/b19-12+. The van der Waals surface area contributed by atoms with Gasteiger partial charge < -0.3 is 9.47 Å². The van der Waals surface area contributed by atoms with E-state index in [1.54, 1.807) is 18.2 Å². The Balaban J connectivity index is 1.88. The Morgan fingerprint density at radius 1 is 1.14 bits per heavy atom. The van der Waals surface area contributed by atoms with Crippen LogP contribution >= 0.6 is 35.6 Å². The minimum atomic E-state index is -0.165. The summed E-state index contributed by atoms with van der Waals surface area (Å²) in [7, 11) is 0. The zero-order valence-electron chi connectivity index (χ0n) is 15.6. The minimum absolute atomic E-state index is 0.165. The fourth-order valence-electron chi connectivity index (χ4n) is 2.67. The second-order valence-corrected chi connectivity index (χ2v) is 8.10. The van der Waals surface area contributed by atoms with Gasteiger partial charge in [-0.3, -0.25) is 9.69 Å². The van der Waals surface area contributed by atoms with Crippen molar-refractivity contribution in [1.82, 2.24) is 0 Å². The Hall–Kier alpha value is -2.02. The Bertz CT molecular complexity index is 930. The number of ether oxygens (including phenoxy) is 2. The molecule has 7 heteroatoms. The first-order chi connectivity index (χ1) is 13.5. The van der Waals surface area contributed by atoms with Crippen molar-refractivity contribution in [2.45, 2.75) is 20.3 Å². The van der Waals surface area contributed by atoms with Crippen molar-refractivity contribution in [2.75, 3.05) is 18.1 Å². The number of halogens is 1. The summed E-state index contributed by atoms with van der Waals surface area (Å²) >= 11 is 12.7. The molecule has 2 aromatic rings. The lowest BCUT2D eigenvalue weighted by Crippen LogP contribution is -2.27. The second kappa shape index (κ2) is 9.45. The van der Waals surface area contributed by atoms with Crippen LogP contribution in [0.3, 0.4) is 0 Å². The molecule has 0 bridgehead atoms. The first-order valence-corrected chi connectivity index (χ1v) is 10.6. The van der Waals surface area contributed by atoms with Gasteiger partial charge in [-0.05, 0) is 55.3 Å². The van der Waals surface area contributed by atoms with E-state index in [0.29, 0.717) is 44.6 Å². The van der Waals surface area contributed by atoms with Gasteiger partial charge >= 0.3 is 0 Å². The van der Waals surface area contributed by atoms with Crippen LogP contribution < -0.4 is 14.4 Å². The zero-order valence-corrected chi connectivity index (χ0v) is 18.0. The van der Waals surface area contributed by atoms with Gasteiger partial charge in [0.1, 0.15) is 0 Å². The van der Waals surface area contributed by atoms with Gasteiger partial charge in [-0.25, -0.2) is 0 Å². The molecule has 0 radical (unpaired) electrons. The van der Waals surface area contributed by atoms with Crippen LogP contribution in [0.1, 0.15) is 25.8 Å². The van der Waals surface area contributed by atoms with Gasteiger partial charge in [0.05, 0.1) is 23.8 Å². The van der Waals surface area contributed by atoms with Crippen molar-refractivity contribution < 1.29 is 14.3 Å². The molecular formula is C21H20ClNO3S2. The van der Waals surface area contributed by atoms with E-state index in [2.05, 4.69) is 6.92 Å². The molecule has 0 spiro atoms. The highest BCUT2D eigenvalue weighted by atomic mass is 35.5. The number of rotatable bonds is 7. The summed E-state index contributed by atoms with van der Waals surface area (Å²) in [5.74, 6) is 1.20. The number of thioether (sulfide) groups is 1. The molecule has 1 fully saturated rings. The first-order valence-electron chi connectivity index (χ1n) is 8.96. The molecule has 0 N–H and O–H groups in total. The molecule has 1 aliphatic rings. The third-order valence-corrected chi connectivity index (χ3v) is 5.42. The average Bonchev–Trinajstić information content (AvgIpc) is 2.94. The number of carbonyl (C=O) groups is 1. The maximum Gasteiger partial charge on any atom is 0.270 e. The van der Waals surface area contributed by atoms with Gasteiger partial charge in [-0.1, -0.05) is 54.6 Å². The van der Waals surface area contributed by atoms with Crippen molar-refractivity contribution in [2.24, 2.45) is 0 Å². The lowest BCUT2D eigenvalue weighted by Gasteiger charge is -2.14. The first kappa shape index (κ1) is 20.7. The summed E-state index contributed by atoms with van der Waals surface area (Å²) in [6, 6.07) is 12.7. The third kappa shape index (κ3) is 4.69. The van der Waals surface area contributed by atoms with Gasteiger partial charge in [0.15, 0.2) is 15.8 Å². The largest absolute Gasteiger partial charge is 0.490 e. The van der Waals surface area contributed by atoms with E-state index in [0.717, 1.165) is 12.0 Å². The Morgan fingerprint density at radius 2 is 1.96 bits per heavy atom. The minimum Gasteiger partial charge on any atom is -0.490 e. The fraction of sp³-hybridized carbons (Fsp3) is 0.238. The summed E-state index contributed by atoms with van der Waals surface area (Å²) < 4.78 is 11.9.